The third-order valence-electron chi connectivity index (χ3n) is 1.93. The molecule has 0 saturated heterocycles. The lowest BCUT2D eigenvalue weighted by molar-refractivity contribution is 0.0696. The van der Waals surface area contributed by atoms with Crippen molar-refractivity contribution in [2.45, 2.75) is 9.92 Å². The third kappa shape index (κ3) is 2.95. The topological polar surface area (TPSA) is 63.1 Å². The van der Waals surface area contributed by atoms with Crippen molar-refractivity contribution in [1.82, 2.24) is 9.97 Å². The molecule has 0 aromatic carbocycles. The molecule has 2 aromatic heterocycles. The molecule has 1 N–H and O–H groups in total. The number of nitrogens with zero attached hydrogens (tertiary/aromatic N) is 2. The van der Waals surface area contributed by atoms with E-state index >= 15 is 0 Å². The molecule has 0 spiro atoms. The Bertz CT molecular complexity index is 545. The molecule has 0 bridgehead atoms. The molecule has 0 aliphatic rings. The highest BCUT2D eigenvalue weighted by Gasteiger charge is 2.06. The maximum Gasteiger partial charge on any atom is 0.337 e. The van der Waals surface area contributed by atoms with Crippen LogP contribution in [0.1, 0.15) is 10.4 Å². The summed E-state index contributed by atoms with van der Waals surface area (Å²) in [5.41, 5.74) is 0.162. The SMILES string of the molecule is O=C(O)c1ccc(Sc2ccncc2Cl)nc1. The lowest BCUT2D eigenvalue weighted by atomic mass is 10.3. The van der Waals surface area contributed by atoms with Crippen molar-refractivity contribution in [3.05, 3.63) is 47.4 Å². The lowest BCUT2D eigenvalue weighted by Crippen LogP contribution is -1.96. The average molecular weight is 267 g/mol. The van der Waals surface area contributed by atoms with Gasteiger partial charge in [-0.3, -0.25) is 4.98 Å². The lowest BCUT2D eigenvalue weighted by Gasteiger charge is -2.02. The number of carboxylic acids is 1. The smallest absolute Gasteiger partial charge is 0.337 e. The molecule has 86 valence electrons. The first-order valence-corrected chi connectivity index (χ1v) is 5.83. The molecule has 6 heteroatoms. The van der Waals surface area contributed by atoms with E-state index in [0.29, 0.717) is 10.0 Å². The standard InChI is InChI=1S/C11H7ClN2O2S/c12-8-6-13-4-3-9(8)17-10-2-1-7(5-14-10)11(15)16/h1-6H,(H,15,16). The van der Waals surface area contributed by atoms with E-state index in [1.807, 2.05) is 0 Å². The van der Waals surface area contributed by atoms with Crippen LogP contribution in [0.4, 0.5) is 0 Å². The van der Waals surface area contributed by atoms with E-state index in [0.717, 1.165) is 4.90 Å². The third-order valence-corrected chi connectivity index (χ3v) is 3.37. The van der Waals surface area contributed by atoms with Crippen LogP contribution in [0, 0.1) is 0 Å². The van der Waals surface area contributed by atoms with Crippen LogP contribution in [-0.2, 0) is 0 Å². The van der Waals surface area contributed by atoms with E-state index in [2.05, 4.69) is 9.97 Å². The molecule has 0 aliphatic carbocycles. The summed E-state index contributed by atoms with van der Waals surface area (Å²) in [5, 5.41) is 9.96. The summed E-state index contributed by atoms with van der Waals surface area (Å²) in [6, 6.07) is 4.93. The van der Waals surface area contributed by atoms with E-state index < -0.39 is 5.97 Å². The minimum Gasteiger partial charge on any atom is -0.478 e. The first-order chi connectivity index (χ1) is 8.16. The Kier molecular flexibility index (Phi) is 3.61. The van der Waals surface area contributed by atoms with Gasteiger partial charge in [-0.05, 0) is 18.2 Å². The van der Waals surface area contributed by atoms with E-state index in [4.69, 9.17) is 16.7 Å². The highest BCUT2D eigenvalue weighted by atomic mass is 35.5. The Hall–Kier alpha value is -1.59. The van der Waals surface area contributed by atoms with E-state index in [1.165, 1.54) is 24.0 Å². The summed E-state index contributed by atoms with van der Waals surface area (Å²) in [6.45, 7) is 0. The fraction of sp³-hybridized carbons (Fsp3) is 0. The molecule has 2 aromatic rings. The van der Waals surface area contributed by atoms with Crippen molar-refractivity contribution in [3.8, 4) is 0 Å². The molecule has 4 nitrogen and oxygen atoms in total. The van der Waals surface area contributed by atoms with Gasteiger partial charge in [-0.15, -0.1) is 0 Å². The normalized spacial score (nSPS) is 10.2. The van der Waals surface area contributed by atoms with Crippen LogP contribution >= 0.6 is 23.4 Å². The first-order valence-electron chi connectivity index (χ1n) is 4.63. The maximum absolute atomic E-state index is 10.6. The molecule has 0 atom stereocenters. The van der Waals surface area contributed by atoms with Crippen molar-refractivity contribution in [2.24, 2.45) is 0 Å². The Morgan fingerprint density at radius 3 is 2.71 bits per heavy atom. The van der Waals surface area contributed by atoms with Crippen molar-refractivity contribution >= 4 is 29.3 Å². The van der Waals surface area contributed by atoms with E-state index in [-0.39, 0.29) is 5.56 Å². The number of hydrogen-bond donors (Lipinski definition) is 1. The molecular weight excluding hydrogens is 260 g/mol. The summed E-state index contributed by atoms with van der Waals surface area (Å²) in [7, 11) is 0. The summed E-state index contributed by atoms with van der Waals surface area (Å²) in [4.78, 5) is 19.4. The minimum absolute atomic E-state index is 0.162. The van der Waals surface area contributed by atoms with Gasteiger partial charge in [0.2, 0.25) is 0 Å². The fourth-order valence-corrected chi connectivity index (χ4v) is 2.11. The monoisotopic (exact) mass is 266 g/mol. The predicted molar refractivity (Wildman–Crippen MR) is 64.6 cm³/mol. The second-order valence-electron chi connectivity index (χ2n) is 3.10. The van der Waals surface area contributed by atoms with E-state index in [9.17, 15) is 4.79 Å². The summed E-state index contributed by atoms with van der Waals surface area (Å²) in [5.74, 6) is -0.990. The number of carboxylic acid groups (broad SMARTS) is 1. The molecule has 2 rings (SSSR count). The number of pyridine rings is 2. The molecule has 0 aliphatic heterocycles. The van der Waals surface area contributed by atoms with Crippen LogP contribution < -0.4 is 0 Å². The van der Waals surface area contributed by atoms with Gasteiger partial charge in [-0.25, -0.2) is 9.78 Å². The number of rotatable bonds is 3. The zero-order valence-corrected chi connectivity index (χ0v) is 10.1. The number of halogens is 1. The average Bonchev–Trinajstić information content (AvgIpc) is 2.33. The Balaban J connectivity index is 2.20. The zero-order valence-electron chi connectivity index (χ0n) is 8.50. The van der Waals surface area contributed by atoms with Crippen LogP contribution in [0.3, 0.4) is 0 Å². The second-order valence-corrected chi connectivity index (χ2v) is 4.57. The van der Waals surface area contributed by atoms with Gasteiger partial charge in [0.05, 0.1) is 10.6 Å². The quantitative estimate of drug-likeness (QED) is 0.925. The van der Waals surface area contributed by atoms with Crippen LogP contribution in [0.2, 0.25) is 5.02 Å². The maximum atomic E-state index is 10.6. The molecule has 17 heavy (non-hydrogen) atoms. The second kappa shape index (κ2) is 5.16. The van der Waals surface area contributed by atoms with Gasteiger partial charge in [-0.2, -0.15) is 0 Å². The van der Waals surface area contributed by atoms with Gasteiger partial charge in [0, 0.05) is 23.5 Å². The summed E-state index contributed by atoms with van der Waals surface area (Å²) >= 11 is 7.31. The van der Waals surface area contributed by atoms with Crippen LogP contribution in [0.15, 0.2) is 46.7 Å². The first kappa shape index (κ1) is 11.9. The molecule has 0 saturated carbocycles. The Morgan fingerprint density at radius 2 is 2.12 bits per heavy atom. The van der Waals surface area contributed by atoms with Gasteiger partial charge in [0.25, 0.3) is 0 Å². The molecule has 0 amide bonds. The number of hydrogen-bond acceptors (Lipinski definition) is 4. The Labute approximate surface area is 107 Å². The van der Waals surface area contributed by atoms with Gasteiger partial charge in [-0.1, -0.05) is 23.4 Å². The van der Waals surface area contributed by atoms with Crippen LogP contribution in [-0.4, -0.2) is 21.0 Å². The molecule has 2 heterocycles. The number of aromatic carboxylic acids is 1. The zero-order chi connectivity index (χ0) is 12.3. The van der Waals surface area contributed by atoms with Crippen LogP contribution in [0.5, 0.6) is 0 Å². The molecule has 0 unspecified atom stereocenters. The number of aromatic nitrogens is 2. The van der Waals surface area contributed by atoms with Crippen molar-refractivity contribution < 1.29 is 9.90 Å². The molecule has 0 radical (unpaired) electrons. The fourth-order valence-electron chi connectivity index (χ4n) is 1.13. The number of carbonyl (C=O) groups is 1. The van der Waals surface area contributed by atoms with Gasteiger partial charge >= 0.3 is 5.97 Å². The Morgan fingerprint density at radius 1 is 1.29 bits per heavy atom. The highest BCUT2D eigenvalue weighted by molar-refractivity contribution is 7.99. The van der Waals surface area contributed by atoms with Crippen LogP contribution in [0.25, 0.3) is 0 Å². The van der Waals surface area contributed by atoms with E-state index in [1.54, 1.807) is 24.5 Å². The summed E-state index contributed by atoms with van der Waals surface area (Å²) in [6.07, 6.45) is 4.51. The minimum atomic E-state index is -0.990. The van der Waals surface area contributed by atoms with Gasteiger partial charge in [0.15, 0.2) is 0 Å². The van der Waals surface area contributed by atoms with Crippen molar-refractivity contribution in [2.75, 3.05) is 0 Å². The summed E-state index contributed by atoms with van der Waals surface area (Å²) < 4.78 is 0. The van der Waals surface area contributed by atoms with Gasteiger partial charge in [0.1, 0.15) is 5.03 Å². The predicted octanol–water partition coefficient (Wildman–Crippen LogP) is 2.98. The molecular formula is C11H7ClN2O2S. The van der Waals surface area contributed by atoms with Crippen molar-refractivity contribution in [1.29, 1.82) is 0 Å². The van der Waals surface area contributed by atoms with Gasteiger partial charge < -0.3 is 5.11 Å². The van der Waals surface area contributed by atoms with Crippen molar-refractivity contribution in [3.63, 3.8) is 0 Å². The molecule has 0 fully saturated rings. The largest absolute Gasteiger partial charge is 0.478 e. The highest BCUT2D eigenvalue weighted by Crippen LogP contribution is 2.31.